The molecule has 0 spiro atoms. The van der Waals surface area contributed by atoms with Gasteiger partial charge in [0.25, 0.3) is 0 Å². The molecule has 27 heavy (non-hydrogen) atoms. The third-order valence-electron chi connectivity index (χ3n) is 4.42. The van der Waals surface area contributed by atoms with Gasteiger partial charge in [-0.3, -0.25) is 4.79 Å². The Balaban J connectivity index is 1.61. The summed E-state index contributed by atoms with van der Waals surface area (Å²) >= 11 is 1.39. The van der Waals surface area contributed by atoms with Crippen LogP contribution in [-0.4, -0.2) is 20.7 Å². The Hall–Kier alpha value is -2.67. The fourth-order valence-corrected chi connectivity index (χ4v) is 4.08. The van der Waals surface area contributed by atoms with E-state index in [1.54, 1.807) is 12.1 Å². The highest BCUT2D eigenvalue weighted by molar-refractivity contribution is 8.00. The summed E-state index contributed by atoms with van der Waals surface area (Å²) in [6, 6.07) is 15.8. The van der Waals surface area contributed by atoms with Crippen LogP contribution in [0.5, 0.6) is 0 Å². The largest absolute Gasteiger partial charge is 0.325 e. The molecule has 7 heteroatoms. The highest BCUT2D eigenvalue weighted by Gasteiger charge is 2.31. The first-order valence-electron chi connectivity index (χ1n) is 8.81. The molecule has 2 aromatic carbocycles. The molecule has 1 aliphatic rings. The van der Waals surface area contributed by atoms with Gasteiger partial charge in [-0.1, -0.05) is 42.1 Å². The molecule has 1 amide bonds. The molecular weight excluding hydrogens is 363 g/mol. The molecule has 5 nitrogen and oxygen atoms in total. The Morgan fingerprint density at radius 2 is 1.85 bits per heavy atom. The smallest absolute Gasteiger partial charge is 0.242 e. The van der Waals surface area contributed by atoms with Crippen LogP contribution in [0.1, 0.15) is 35.5 Å². The molecule has 1 aliphatic carbocycles. The molecule has 4 rings (SSSR count). The number of halogens is 1. The zero-order valence-electron chi connectivity index (χ0n) is 14.8. The number of carbonyl (C=O) groups is 1. The maximum atomic E-state index is 13.1. The SMILES string of the molecule is Cc1nnc(S[C@@H](C(=O)Nc2ccc(F)cc2)c2ccccc2)n1C1CC1. The van der Waals surface area contributed by atoms with Gasteiger partial charge in [0, 0.05) is 11.7 Å². The van der Waals surface area contributed by atoms with Crippen LogP contribution >= 0.6 is 11.8 Å². The lowest BCUT2D eigenvalue weighted by atomic mass is 10.1. The predicted octanol–water partition coefficient (Wildman–Crippen LogP) is 4.53. The van der Waals surface area contributed by atoms with Gasteiger partial charge in [-0.05, 0) is 49.6 Å². The summed E-state index contributed by atoms with van der Waals surface area (Å²) in [5.74, 6) is 0.349. The van der Waals surface area contributed by atoms with E-state index in [4.69, 9.17) is 0 Å². The number of nitrogens with zero attached hydrogens (tertiary/aromatic N) is 3. The molecule has 1 atom stereocenters. The summed E-state index contributed by atoms with van der Waals surface area (Å²) in [6.07, 6.45) is 2.23. The van der Waals surface area contributed by atoms with Crippen molar-refractivity contribution in [3.63, 3.8) is 0 Å². The summed E-state index contributed by atoms with van der Waals surface area (Å²) in [7, 11) is 0. The maximum absolute atomic E-state index is 13.1. The van der Waals surface area contributed by atoms with E-state index in [1.165, 1.54) is 23.9 Å². The average Bonchev–Trinajstić information content (AvgIpc) is 3.45. The number of thioether (sulfide) groups is 1. The van der Waals surface area contributed by atoms with E-state index in [-0.39, 0.29) is 11.7 Å². The minimum atomic E-state index is -0.489. The number of anilines is 1. The van der Waals surface area contributed by atoms with Gasteiger partial charge in [-0.2, -0.15) is 0 Å². The van der Waals surface area contributed by atoms with Gasteiger partial charge in [0.05, 0.1) is 0 Å². The van der Waals surface area contributed by atoms with Crippen molar-refractivity contribution < 1.29 is 9.18 Å². The summed E-state index contributed by atoms with van der Waals surface area (Å²) in [6.45, 7) is 1.94. The minimum absolute atomic E-state index is 0.180. The number of amides is 1. The topological polar surface area (TPSA) is 59.8 Å². The molecule has 1 N–H and O–H groups in total. The van der Waals surface area contributed by atoms with E-state index in [2.05, 4.69) is 20.1 Å². The third kappa shape index (κ3) is 4.03. The lowest BCUT2D eigenvalue weighted by molar-refractivity contribution is -0.115. The average molecular weight is 382 g/mol. The van der Waals surface area contributed by atoms with Gasteiger partial charge < -0.3 is 9.88 Å². The summed E-state index contributed by atoms with van der Waals surface area (Å²) < 4.78 is 15.2. The zero-order valence-corrected chi connectivity index (χ0v) is 15.6. The van der Waals surface area contributed by atoms with Crippen molar-refractivity contribution in [2.45, 2.75) is 36.2 Å². The number of hydrogen-bond acceptors (Lipinski definition) is 4. The summed E-state index contributed by atoms with van der Waals surface area (Å²) in [4.78, 5) is 13.0. The minimum Gasteiger partial charge on any atom is -0.325 e. The van der Waals surface area contributed by atoms with Gasteiger partial charge in [0.1, 0.15) is 16.9 Å². The Bertz CT molecular complexity index is 938. The second-order valence-electron chi connectivity index (χ2n) is 6.54. The van der Waals surface area contributed by atoms with Crippen LogP contribution in [0.4, 0.5) is 10.1 Å². The summed E-state index contributed by atoms with van der Waals surface area (Å²) in [5.41, 5.74) is 1.44. The molecule has 0 saturated heterocycles. The second-order valence-corrected chi connectivity index (χ2v) is 7.61. The van der Waals surface area contributed by atoms with Crippen molar-refractivity contribution in [3.8, 4) is 0 Å². The lowest BCUT2D eigenvalue weighted by Crippen LogP contribution is -2.19. The van der Waals surface area contributed by atoms with E-state index in [1.807, 2.05) is 37.3 Å². The molecule has 0 unspecified atom stereocenters. The van der Waals surface area contributed by atoms with Gasteiger partial charge in [-0.25, -0.2) is 4.39 Å². The highest BCUT2D eigenvalue weighted by Crippen LogP contribution is 2.42. The fourth-order valence-electron chi connectivity index (χ4n) is 2.93. The number of rotatable bonds is 6. The molecule has 0 radical (unpaired) electrons. The van der Waals surface area contributed by atoms with Gasteiger partial charge in [0.2, 0.25) is 5.91 Å². The molecular formula is C20H19FN4OS. The normalized spacial score (nSPS) is 14.7. The number of nitrogens with one attached hydrogen (secondary N) is 1. The van der Waals surface area contributed by atoms with Crippen LogP contribution < -0.4 is 5.32 Å². The van der Waals surface area contributed by atoms with Crippen molar-refractivity contribution in [1.82, 2.24) is 14.8 Å². The van der Waals surface area contributed by atoms with Crippen molar-refractivity contribution in [1.29, 1.82) is 0 Å². The van der Waals surface area contributed by atoms with Crippen molar-refractivity contribution in [2.24, 2.45) is 0 Å². The number of hydrogen-bond donors (Lipinski definition) is 1. The number of aromatic nitrogens is 3. The molecule has 3 aromatic rings. The van der Waals surface area contributed by atoms with Crippen LogP contribution in [0.25, 0.3) is 0 Å². The first-order chi connectivity index (χ1) is 13.1. The van der Waals surface area contributed by atoms with E-state index >= 15 is 0 Å². The van der Waals surface area contributed by atoms with E-state index in [0.29, 0.717) is 11.7 Å². The fraction of sp³-hybridized carbons (Fsp3) is 0.250. The lowest BCUT2D eigenvalue weighted by Gasteiger charge is -2.17. The van der Waals surface area contributed by atoms with E-state index < -0.39 is 5.25 Å². The van der Waals surface area contributed by atoms with Crippen molar-refractivity contribution in [3.05, 3.63) is 71.8 Å². The van der Waals surface area contributed by atoms with Gasteiger partial charge >= 0.3 is 0 Å². The first kappa shape index (κ1) is 17.7. The molecule has 1 heterocycles. The molecule has 0 bridgehead atoms. The zero-order chi connectivity index (χ0) is 18.8. The molecule has 138 valence electrons. The monoisotopic (exact) mass is 382 g/mol. The van der Waals surface area contributed by atoms with Crippen LogP contribution in [0, 0.1) is 12.7 Å². The van der Waals surface area contributed by atoms with E-state index in [0.717, 1.165) is 29.4 Å². The predicted molar refractivity (Wildman–Crippen MR) is 103 cm³/mol. The molecule has 1 aromatic heterocycles. The van der Waals surface area contributed by atoms with Crippen molar-refractivity contribution in [2.75, 3.05) is 5.32 Å². The Morgan fingerprint density at radius 3 is 2.52 bits per heavy atom. The Morgan fingerprint density at radius 1 is 1.15 bits per heavy atom. The quantitative estimate of drug-likeness (QED) is 0.636. The van der Waals surface area contributed by atoms with Gasteiger partial charge in [0.15, 0.2) is 5.16 Å². The van der Waals surface area contributed by atoms with Crippen molar-refractivity contribution >= 4 is 23.4 Å². The third-order valence-corrected chi connectivity index (χ3v) is 5.63. The first-order valence-corrected chi connectivity index (χ1v) is 9.69. The Kier molecular flexibility index (Phi) is 4.94. The van der Waals surface area contributed by atoms with Crippen LogP contribution in [0.2, 0.25) is 0 Å². The number of benzene rings is 2. The van der Waals surface area contributed by atoms with Crippen LogP contribution in [0.3, 0.4) is 0 Å². The van der Waals surface area contributed by atoms with E-state index in [9.17, 15) is 9.18 Å². The molecule has 1 saturated carbocycles. The van der Waals surface area contributed by atoms with Gasteiger partial charge in [-0.15, -0.1) is 10.2 Å². The molecule has 0 aliphatic heterocycles. The Labute approximate surface area is 161 Å². The standard InChI is InChI=1S/C20H19FN4OS/c1-13-23-24-20(25(13)17-11-12-17)27-18(14-5-3-2-4-6-14)19(26)22-16-9-7-15(21)8-10-16/h2-10,17-18H,11-12H2,1H3,(H,22,26)/t18-/m1/s1. The highest BCUT2D eigenvalue weighted by atomic mass is 32.2. The van der Waals surface area contributed by atoms with Crippen LogP contribution in [0.15, 0.2) is 59.8 Å². The molecule has 1 fully saturated rings. The van der Waals surface area contributed by atoms with Crippen LogP contribution in [-0.2, 0) is 4.79 Å². The maximum Gasteiger partial charge on any atom is 0.242 e. The number of aryl methyl sites for hydroxylation is 1. The second kappa shape index (κ2) is 7.52. The summed E-state index contributed by atoms with van der Waals surface area (Å²) in [5, 5.41) is 11.6. The number of carbonyl (C=O) groups excluding carboxylic acids is 1.